The first kappa shape index (κ1) is 13.8. The van der Waals surface area contributed by atoms with Gasteiger partial charge in [0.15, 0.2) is 0 Å². The Bertz CT molecular complexity index is 264. The summed E-state index contributed by atoms with van der Waals surface area (Å²) < 4.78 is 0. The molecule has 2 nitrogen and oxygen atoms in total. The van der Waals surface area contributed by atoms with E-state index in [1.165, 1.54) is 38.5 Å². The van der Waals surface area contributed by atoms with Gasteiger partial charge in [0.05, 0.1) is 0 Å². The van der Waals surface area contributed by atoms with Gasteiger partial charge in [-0.15, -0.1) is 13.2 Å². The number of fused-ring (bicyclic) bond motifs is 1. The van der Waals surface area contributed by atoms with Gasteiger partial charge in [-0.05, 0) is 31.6 Å². The molecule has 2 heteroatoms. The van der Waals surface area contributed by atoms with Gasteiger partial charge in [0, 0.05) is 31.7 Å². The van der Waals surface area contributed by atoms with E-state index in [1.807, 2.05) is 12.2 Å². The Morgan fingerprint density at radius 1 is 1.00 bits per heavy atom. The van der Waals surface area contributed by atoms with Crippen LogP contribution in [-0.4, -0.2) is 36.6 Å². The lowest BCUT2D eigenvalue weighted by atomic mass is 9.78. The Balaban J connectivity index is 1.82. The normalized spacial score (nSPS) is 31.9. The lowest BCUT2D eigenvalue weighted by Crippen LogP contribution is -2.52. The average molecular weight is 248 g/mol. The lowest BCUT2D eigenvalue weighted by Gasteiger charge is -2.41. The van der Waals surface area contributed by atoms with E-state index in [0.29, 0.717) is 6.04 Å². The monoisotopic (exact) mass is 248 g/mol. The van der Waals surface area contributed by atoms with Crippen LogP contribution < -0.4 is 5.32 Å². The number of piperidine rings is 1. The second-order valence-electron chi connectivity index (χ2n) is 5.89. The molecule has 1 heterocycles. The molecule has 102 valence electrons. The number of nitrogens with one attached hydrogen (secondary N) is 1. The molecule has 2 aliphatic rings. The molecule has 1 saturated heterocycles. The maximum absolute atomic E-state index is 3.89. The molecule has 2 rings (SSSR count). The van der Waals surface area contributed by atoms with Gasteiger partial charge in [-0.25, -0.2) is 0 Å². The highest BCUT2D eigenvalue weighted by Crippen LogP contribution is 2.32. The van der Waals surface area contributed by atoms with Gasteiger partial charge in [0.25, 0.3) is 0 Å². The van der Waals surface area contributed by atoms with Crippen LogP contribution in [0.15, 0.2) is 25.3 Å². The highest BCUT2D eigenvalue weighted by molar-refractivity contribution is 4.91. The summed E-state index contributed by atoms with van der Waals surface area (Å²) in [6.45, 7) is 10.8. The van der Waals surface area contributed by atoms with Crippen molar-refractivity contribution in [3.05, 3.63) is 25.3 Å². The van der Waals surface area contributed by atoms with Crippen molar-refractivity contribution in [2.75, 3.05) is 19.6 Å². The molecule has 3 unspecified atom stereocenters. The first-order chi connectivity index (χ1) is 8.83. The Hall–Kier alpha value is -0.600. The Morgan fingerprint density at radius 2 is 1.72 bits per heavy atom. The van der Waals surface area contributed by atoms with Gasteiger partial charge in [0.1, 0.15) is 0 Å². The average Bonchev–Trinajstić information content (AvgIpc) is 2.39. The Labute approximate surface area is 112 Å². The zero-order valence-electron chi connectivity index (χ0n) is 11.6. The summed E-state index contributed by atoms with van der Waals surface area (Å²) in [5.41, 5.74) is 0. The zero-order chi connectivity index (χ0) is 12.8. The highest BCUT2D eigenvalue weighted by Gasteiger charge is 2.31. The van der Waals surface area contributed by atoms with E-state index in [0.717, 1.165) is 31.6 Å². The van der Waals surface area contributed by atoms with Crippen LogP contribution in [0.4, 0.5) is 0 Å². The van der Waals surface area contributed by atoms with Crippen molar-refractivity contribution in [2.45, 2.75) is 50.6 Å². The fourth-order valence-corrected chi connectivity index (χ4v) is 3.62. The molecule has 18 heavy (non-hydrogen) atoms. The maximum atomic E-state index is 3.89. The molecule has 0 aromatic carbocycles. The van der Waals surface area contributed by atoms with E-state index >= 15 is 0 Å². The van der Waals surface area contributed by atoms with Crippen LogP contribution in [0.2, 0.25) is 0 Å². The predicted octanol–water partition coefficient (Wildman–Crippen LogP) is 2.97. The SMILES string of the molecule is C=CCN(CC=C)CC1CCC2CCCCC2N1. The van der Waals surface area contributed by atoms with E-state index in [-0.39, 0.29) is 0 Å². The van der Waals surface area contributed by atoms with Gasteiger partial charge < -0.3 is 5.32 Å². The number of nitrogens with zero attached hydrogens (tertiary/aromatic N) is 1. The number of hydrogen-bond donors (Lipinski definition) is 1. The van der Waals surface area contributed by atoms with E-state index in [4.69, 9.17) is 0 Å². The van der Waals surface area contributed by atoms with Crippen molar-refractivity contribution in [2.24, 2.45) is 5.92 Å². The molecule has 0 amide bonds. The van der Waals surface area contributed by atoms with Crippen molar-refractivity contribution >= 4 is 0 Å². The van der Waals surface area contributed by atoms with Crippen molar-refractivity contribution in [3.8, 4) is 0 Å². The standard InChI is InChI=1S/C16H28N2/c1-3-11-18(12-4-2)13-15-10-9-14-7-5-6-8-16(14)17-15/h3-4,14-17H,1-2,5-13H2. The lowest BCUT2D eigenvalue weighted by molar-refractivity contribution is 0.152. The van der Waals surface area contributed by atoms with E-state index in [9.17, 15) is 0 Å². The van der Waals surface area contributed by atoms with E-state index < -0.39 is 0 Å². The number of hydrogen-bond acceptors (Lipinski definition) is 2. The predicted molar refractivity (Wildman–Crippen MR) is 78.7 cm³/mol. The van der Waals surface area contributed by atoms with Crippen LogP contribution in [0.25, 0.3) is 0 Å². The van der Waals surface area contributed by atoms with Gasteiger partial charge in [-0.2, -0.15) is 0 Å². The summed E-state index contributed by atoms with van der Waals surface area (Å²) in [7, 11) is 0. The van der Waals surface area contributed by atoms with Crippen molar-refractivity contribution < 1.29 is 0 Å². The Morgan fingerprint density at radius 3 is 2.44 bits per heavy atom. The van der Waals surface area contributed by atoms with Gasteiger partial charge in [0.2, 0.25) is 0 Å². The quantitative estimate of drug-likeness (QED) is 0.727. The largest absolute Gasteiger partial charge is 0.310 e. The molecule has 1 aliphatic heterocycles. The third kappa shape index (κ3) is 3.69. The van der Waals surface area contributed by atoms with Crippen LogP contribution in [0.3, 0.4) is 0 Å². The molecule has 1 saturated carbocycles. The fourth-order valence-electron chi connectivity index (χ4n) is 3.62. The molecular weight excluding hydrogens is 220 g/mol. The second kappa shape index (κ2) is 7.10. The van der Waals surface area contributed by atoms with Crippen LogP contribution in [-0.2, 0) is 0 Å². The summed E-state index contributed by atoms with van der Waals surface area (Å²) in [5, 5.41) is 3.89. The number of rotatable bonds is 6. The van der Waals surface area contributed by atoms with Gasteiger partial charge in [-0.3, -0.25) is 4.90 Å². The first-order valence-electron chi connectivity index (χ1n) is 7.53. The third-order valence-electron chi connectivity index (χ3n) is 4.50. The van der Waals surface area contributed by atoms with Crippen molar-refractivity contribution in [1.82, 2.24) is 10.2 Å². The van der Waals surface area contributed by atoms with Crippen LogP contribution in [0, 0.1) is 5.92 Å². The van der Waals surface area contributed by atoms with Gasteiger partial charge >= 0.3 is 0 Å². The molecule has 0 spiro atoms. The van der Waals surface area contributed by atoms with Crippen molar-refractivity contribution in [1.29, 1.82) is 0 Å². The molecule has 0 aromatic rings. The zero-order valence-corrected chi connectivity index (χ0v) is 11.6. The minimum absolute atomic E-state index is 0.671. The molecule has 0 aromatic heterocycles. The van der Waals surface area contributed by atoms with Crippen molar-refractivity contribution in [3.63, 3.8) is 0 Å². The molecule has 3 atom stereocenters. The summed E-state index contributed by atoms with van der Waals surface area (Å²) in [6.07, 6.45) is 12.5. The minimum atomic E-state index is 0.671. The summed E-state index contributed by atoms with van der Waals surface area (Å²) in [4.78, 5) is 2.43. The van der Waals surface area contributed by atoms with E-state index in [1.54, 1.807) is 0 Å². The fraction of sp³-hybridized carbons (Fsp3) is 0.750. The molecule has 1 N–H and O–H groups in total. The summed E-state index contributed by atoms with van der Waals surface area (Å²) in [5.74, 6) is 0.960. The second-order valence-corrected chi connectivity index (χ2v) is 5.89. The summed E-state index contributed by atoms with van der Waals surface area (Å²) in [6, 6.07) is 1.47. The molecule has 0 radical (unpaired) electrons. The molecule has 0 bridgehead atoms. The van der Waals surface area contributed by atoms with Crippen LogP contribution >= 0.6 is 0 Å². The van der Waals surface area contributed by atoms with E-state index in [2.05, 4.69) is 23.4 Å². The smallest absolute Gasteiger partial charge is 0.0198 e. The van der Waals surface area contributed by atoms with Gasteiger partial charge in [-0.1, -0.05) is 25.0 Å². The maximum Gasteiger partial charge on any atom is 0.0198 e. The summed E-state index contributed by atoms with van der Waals surface area (Å²) >= 11 is 0. The van der Waals surface area contributed by atoms with Crippen LogP contribution in [0.1, 0.15) is 38.5 Å². The minimum Gasteiger partial charge on any atom is -0.310 e. The first-order valence-corrected chi connectivity index (χ1v) is 7.53. The topological polar surface area (TPSA) is 15.3 Å². The Kier molecular flexibility index (Phi) is 5.45. The highest BCUT2D eigenvalue weighted by atomic mass is 15.1. The van der Waals surface area contributed by atoms with Crippen LogP contribution in [0.5, 0.6) is 0 Å². The third-order valence-corrected chi connectivity index (χ3v) is 4.50. The molecular formula is C16H28N2. The molecule has 1 aliphatic carbocycles. The molecule has 2 fully saturated rings.